The molecule has 0 saturated carbocycles. The van der Waals surface area contributed by atoms with Gasteiger partial charge in [0.2, 0.25) is 0 Å². The van der Waals surface area contributed by atoms with Gasteiger partial charge in [-0.05, 0) is 17.2 Å². The maximum absolute atomic E-state index is 12.6. The number of nitrogens with one attached hydrogen (secondary N) is 1. The number of amides is 1. The van der Waals surface area contributed by atoms with Crippen LogP contribution in [0.3, 0.4) is 0 Å². The maximum atomic E-state index is 12.6. The highest BCUT2D eigenvalue weighted by Gasteiger charge is 2.45. The molecule has 1 N–H and O–H groups in total. The van der Waals surface area contributed by atoms with E-state index < -0.39 is 4.87 Å². The van der Waals surface area contributed by atoms with Gasteiger partial charge in [-0.3, -0.25) is 9.59 Å². The van der Waals surface area contributed by atoms with Gasteiger partial charge >= 0.3 is 5.97 Å². The van der Waals surface area contributed by atoms with Gasteiger partial charge in [0, 0.05) is 11.1 Å². The Hall–Kier alpha value is -3.05. The number of hydrogen-bond acceptors (Lipinski definition) is 4. The van der Waals surface area contributed by atoms with E-state index in [1.54, 1.807) is 0 Å². The molecule has 1 aliphatic heterocycles. The first kappa shape index (κ1) is 18.3. The number of hydrogen-bond donors (Lipinski definition) is 1. The number of thioether (sulfide) groups is 1. The lowest BCUT2D eigenvalue weighted by molar-refractivity contribution is -0.141. The first-order valence-corrected chi connectivity index (χ1v) is 9.99. The van der Waals surface area contributed by atoms with E-state index in [9.17, 15) is 9.59 Å². The fourth-order valence-corrected chi connectivity index (χ4v) is 4.55. The quantitative estimate of drug-likeness (QED) is 0.645. The molecule has 1 heterocycles. The normalized spacial score (nSPS) is 17.6. The number of carbonyl (C=O) groups excluding carboxylic acids is 2. The van der Waals surface area contributed by atoms with Gasteiger partial charge in [0.15, 0.2) is 0 Å². The third-order valence-electron chi connectivity index (χ3n) is 4.67. The van der Waals surface area contributed by atoms with Gasteiger partial charge in [0.1, 0.15) is 11.5 Å². The molecule has 4 rings (SSSR count). The highest BCUT2D eigenvalue weighted by atomic mass is 32.2. The molecule has 0 saturated heterocycles. The zero-order valence-electron chi connectivity index (χ0n) is 15.1. The van der Waals surface area contributed by atoms with Gasteiger partial charge in [-0.2, -0.15) is 0 Å². The third-order valence-corrected chi connectivity index (χ3v) is 6.04. The predicted molar refractivity (Wildman–Crippen MR) is 110 cm³/mol. The smallest absolute Gasteiger partial charge is 0.316 e. The Labute approximate surface area is 167 Å². The molecule has 140 valence electrons. The van der Waals surface area contributed by atoms with Crippen molar-refractivity contribution in [2.75, 3.05) is 5.75 Å². The Morgan fingerprint density at radius 1 is 0.893 bits per heavy atom. The molecule has 0 aromatic heterocycles. The summed E-state index contributed by atoms with van der Waals surface area (Å²) >= 11 is 1.37. The van der Waals surface area contributed by atoms with Crippen LogP contribution in [0.25, 0.3) is 0 Å². The van der Waals surface area contributed by atoms with Gasteiger partial charge in [-0.1, -0.05) is 78.9 Å². The van der Waals surface area contributed by atoms with Crippen molar-refractivity contribution < 1.29 is 14.3 Å². The molecular weight excluding hydrogens is 370 g/mol. The van der Waals surface area contributed by atoms with Crippen molar-refractivity contribution in [1.82, 2.24) is 5.32 Å². The van der Waals surface area contributed by atoms with E-state index in [1.807, 2.05) is 84.9 Å². The van der Waals surface area contributed by atoms with Crippen LogP contribution in [0.15, 0.2) is 84.9 Å². The van der Waals surface area contributed by atoms with Crippen LogP contribution in [-0.4, -0.2) is 17.6 Å². The molecular formula is C23H19NO3S. The van der Waals surface area contributed by atoms with Crippen molar-refractivity contribution in [3.05, 3.63) is 107 Å². The molecule has 3 aromatic carbocycles. The van der Waals surface area contributed by atoms with Crippen molar-refractivity contribution in [3.8, 4) is 0 Å². The van der Waals surface area contributed by atoms with E-state index in [-0.39, 0.29) is 24.2 Å². The van der Waals surface area contributed by atoms with E-state index in [0.717, 1.165) is 16.7 Å². The van der Waals surface area contributed by atoms with Crippen LogP contribution in [0.2, 0.25) is 0 Å². The predicted octanol–water partition coefficient (Wildman–Crippen LogP) is 4.11. The topological polar surface area (TPSA) is 55.4 Å². The Morgan fingerprint density at radius 2 is 1.54 bits per heavy atom. The van der Waals surface area contributed by atoms with Crippen molar-refractivity contribution in [2.24, 2.45) is 0 Å². The highest BCUT2D eigenvalue weighted by molar-refractivity contribution is 8.01. The second-order valence-corrected chi connectivity index (χ2v) is 7.67. The lowest BCUT2D eigenvalue weighted by Crippen LogP contribution is -2.38. The fraction of sp³-hybridized carbons (Fsp3) is 0.130. The number of benzene rings is 3. The van der Waals surface area contributed by atoms with E-state index in [4.69, 9.17) is 4.74 Å². The molecule has 0 unspecified atom stereocenters. The molecule has 1 amide bonds. The minimum atomic E-state index is -0.805. The zero-order valence-corrected chi connectivity index (χ0v) is 15.9. The summed E-state index contributed by atoms with van der Waals surface area (Å²) in [4.78, 5) is 24.1. The fourth-order valence-electron chi connectivity index (χ4n) is 3.33. The van der Waals surface area contributed by atoms with E-state index >= 15 is 0 Å². The molecule has 4 nitrogen and oxygen atoms in total. The number of carbonyl (C=O) groups is 2. The lowest BCUT2D eigenvalue weighted by atomic mass is 9.98. The van der Waals surface area contributed by atoms with Crippen LogP contribution in [0.1, 0.15) is 27.0 Å². The van der Waals surface area contributed by atoms with Crippen molar-refractivity contribution in [1.29, 1.82) is 0 Å². The first-order valence-electron chi connectivity index (χ1n) is 9.00. The van der Waals surface area contributed by atoms with E-state index in [2.05, 4.69) is 5.32 Å². The summed E-state index contributed by atoms with van der Waals surface area (Å²) in [6, 6.07) is 26.8. The van der Waals surface area contributed by atoms with Crippen LogP contribution in [0, 0.1) is 0 Å². The van der Waals surface area contributed by atoms with E-state index in [0.29, 0.717) is 5.56 Å². The molecule has 1 atom stereocenters. The minimum absolute atomic E-state index is 0.121. The Morgan fingerprint density at radius 3 is 2.29 bits per heavy atom. The second-order valence-electron chi connectivity index (χ2n) is 6.48. The molecule has 0 bridgehead atoms. The average Bonchev–Trinajstić information content (AvgIpc) is 3.05. The maximum Gasteiger partial charge on any atom is 0.316 e. The number of esters is 1. The average molecular weight is 389 g/mol. The summed E-state index contributed by atoms with van der Waals surface area (Å²) in [6.45, 7) is 0.238. The third kappa shape index (κ3) is 3.53. The van der Waals surface area contributed by atoms with Crippen LogP contribution >= 0.6 is 11.8 Å². The Kier molecular flexibility index (Phi) is 5.17. The molecule has 1 aliphatic rings. The van der Waals surface area contributed by atoms with Crippen LogP contribution in [-0.2, 0) is 21.0 Å². The lowest BCUT2D eigenvalue weighted by Gasteiger charge is -2.30. The van der Waals surface area contributed by atoms with Crippen LogP contribution in [0.4, 0.5) is 0 Å². The molecule has 0 spiro atoms. The number of rotatable bonds is 6. The molecule has 5 heteroatoms. The molecule has 0 aliphatic carbocycles. The molecule has 0 radical (unpaired) electrons. The second kappa shape index (κ2) is 7.90. The van der Waals surface area contributed by atoms with Gasteiger partial charge in [-0.25, -0.2) is 0 Å². The van der Waals surface area contributed by atoms with Crippen LogP contribution in [0.5, 0.6) is 0 Å². The summed E-state index contributed by atoms with van der Waals surface area (Å²) in [5, 5.41) is 3.09. The van der Waals surface area contributed by atoms with Crippen molar-refractivity contribution in [2.45, 2.75) is 11.5 Å². The number of fused-ring (bicyclic) bond motifs is 1. The standard InChI is InChI=1S/C23H19NO3S/c25-21(27-15-17-9-3-1-4-10-17)16-28-23(18-11-5-2-6-12-18)20-14-8-7-13-19(20)22(26)24-23/h1-14H,15-16H2,(H,24,26)/t23-/m0/s1. The van der Waals surface area contributed by atoms with Gasteiger partial charge < -0.3 is 10.1 Å². The van der Waals surface area contributed by atoms with Crippen molar-refractivity contribution in [3.63, 3.8) is 0 Å². The van der Waals surface area contributed by atoms with Gasteiger partial charge in [0.25, 0.3) is 5.91 Å². The monoisotopic (exact) mass is 389 g/mol. The van der Waals surface area contributed by atoms with Gasteiger partial charge in [-0.15, -0.1) is 11.8 Å². The zero-order chi connectivity index (χ0) is 19.4. The first-order chi connectivity index (χ1) is 13.7. The van der Waals surface area contributed by atoms with Crippen molar-refractivity contribution >= 4 is 23.6 Å². The molecule has 0 fully saturated rings. The van der Waals surface area contributed by atoms with Crippen LogP contribution < -0.4 is 5.32 Å². The molecule has 3 aromatic rings. The Balaban J connectivity index is 1.55. The van der Waals surface area contributed by atoms with E-state index in [1.165, 1.54) is 11.8 Å². The minimum Gasteiger partial charge on any atom is -0.460 e. The van der Waals surface area contributed by atoms with Gasteiger partial charge in [0.05, 0.1) is 5.75 Å². The summed E-state index contributed by atoms with van der Waals surface area (Å²) in [7, 11) is 0. The summed E-state index contributed by atoms with van der Waals surface area (Å²) < 4.78 is 5.41. The summed E-state index contributed by atoms with van der Waals surface area (Å²) in [6.07, 6.45) is 0. The summed E-state index contributed by atoms with van der Waals surface area (Å²) in [5.41, 5.74) is 3.37. The highest BCUT2D eigenvalue weighted by Crippen LogP contribution is 2.45. The Bertz CT molecular complexity index is 991. The number of ether oxygens (including phenoxy) is 1. The summed E-state index contributed by atoms with van der Waals surface area (Å²) in [5.74, 6) is -0.330. The largest absolute Gasteiger partial charge is 0.460 e. The SMILES string of the molecule is O=C(CS[C@]1(c2ccccc2)NC(=O)c2ccccc21)OCc1ccccc1. The molecule has 28 heavy (non-hydrogen) atoms.